The van der Waals surface area contributed by atoms with Gasteiger partial charge in [-0.15, -0.1) is 0 Å². The van der Waals surface area contributed by atoms with Crippen LogP contribution in [0.2, 0.25) is 0 Å². The van der Waals surface area contributed by atoms with Crippen molar-refractivity contribution in [2.45, 2.75) is 25.2 Å². The number of aliphatic hydroxyl groups excluding tert-OH is 1. The quantitative estimate of drug-likeness (QED) is 0.758. The van der Waals surface area contributed by atoms with Gasteiger partial charge >= 0.3 is 0 Å². The Morgan fingerprint density at radius 2 is 2.27 bits per heavy atom. The molecule has 4 heteroatoms. The summed E-state index contributed by atoms with van der Waals surface area (Å²) in [5.41, 5.74) is 2.33. The molecule has 1 aromatic heterocycles. The summed E-state index contributed by atoms with van der Waals surface area (Å²) in [7, 11) is 1.95. The molecule has 0 spiro atoms. The minimum absolute atomic E-state index is 0.200. The molecule has 0 bridgehead atoms. The summed E-state index contributed by atoms with van der Waals surface area (Å²) in [5.74, 6) is 0.602. The molecule has 4 nitrogen and oxygen atoms in total. The van der Waals surface area contributed by atoms with Crippen LogP contribution < -0.4 is 5.32 Å². The molecule has 2 N–H and O–H groups in total. The van der Waals surface area contributed by atoms with E-state index < -0.39 is 0 Å². The predicted molar refractivity (Wildman–Crippen MR) is 58.8 cm³/mol. The zero-order valence-corrected chi connectivity index (χ0v) is 9.24. The largest absolute Gasteiger partial charge is 0.396 e. The number of aryl methyl sites for hydroxylation is 1. The Bertz CT molecular complexity index is 316. The third kappa shape index (κ3) is 2.38. The number of nitrogens with one attached hydrogen (secondary N) is 1. The molecule has 15 heavy (non-hydrogen) atoms. The summed E-state index contributed by atoms with van der Waals surface area (Å²) in [6, 6.07) is 2.15. The molecule has 84 valence electrons. The van der Waals surface area contributed by atoms with Crippen LogP contribution in [0.5, 0.6) is 0 Å². The summed E-state index contributed by atoms with van der Waals surface area (Å²) < 4.78 is 1.90. The van der Waals surface area contributed by atoms with Gasteiger partial charge in [-0.2, -0.15) is 5.10 Å². The lowest BCUT2D eigenvalue weighted by molar-refractivity contribution is 0.296. The fraction of sp³-hybridized carbons (Fsp3) is 0.727. The van der Waals surface area contributed by atoms with Crippen molar-refractivity contribution >= 4 is 0 Å². The molecule has 1 aliphatic heterocycles. The molecule has 0 radical (unpaired) electrons. The highest BCUT2D eigenvalue weighted by Gasteiger charge is 2.18. The van der Waals surface area contributed by atoms with Crippen molar-refractivity contribution in [3.8, 4) is 0 Å². The molecule has 0 saturated carbocycles. The molecular formula is C11H19N3O. The number of nitrogens with zero attached hydrogens (tertiary/aromatic N) is 2. The Morgan fingerprint density at radius 1 is 1.53 bits per heavy atom. The summed E-state index contributed by atoms with van der Waals surface area (Å²) >= 11 is 0. The van der Waals surface area contributed by atoms with Crippen LogP contribution in [0.1, 0.15) is 30.1 Å². The Balaban J connectivity index is 2.10. The van der Waals surface area contributed by atoms with Gasteiger partial charge in [0.05, 0.1) is 5.69 Å². The van der Waals surface area contributed by atoms with Gasteiger partial charge in [-0.1, -0.05) is 0 Å². The Labute approximate surface area is 90.3 Å². The van der Waals surface area contributed by atoms with E-state index in [2.05, 4.69) is 16.5 Å². The first-order chi connectivity index (χ1) is 7.31. The van der Waals surface area contributed by atoms with Gasteiger partial charge in [-0.3, -0.25) is 4.68 Å². The number of rotatable bonds is 3. The van der Waals surface area contributed by atoms with Crippen molar-refractivity contribution in [3.05, 3.63) is 17.5 Å². The smallest absolute Gasteiger partial charge is 0.0659 e. The van der Waals surface area contributed by atoms with Gasteiger partial charge in [0.1, 0.15) is 0 Å². The third-order valence-corrected chi connectivity index (χ3v) is 3.12. The second-order valence-electron chi connectivity index (χ2n) is 4.18. The van der Waals surface area contributed by atoms with E-state index in [9.17, 15) is 0 Å². The number of hydrogen-bond acceptors (Lipinski definition) is 3. The van der Waals surface area contributed by atoms with Gasteiger partial charge in [0, 0.05) is 31.7 Å². The molecule has 0 unspecified atom stereocenters. The van der Waals surface area contributed by atoms with E-state index in [4.69, 9.17) is 5.11 Å². The van der Waals surface area contributed by atoms with Gasteiger partial charge in [-0.05, 0) is 32.0 Å². The van der Waals surface area contributed by atoms with E-state index in [-0.39, 0.29) is 6.61 Å². The van der Waals surface area contributed by atoms with Crippen LogP contribution in [0.4, 0.5) is 0 Å². The molecule has 1 fully saturated rings. The molecule has 0 atom stereocenters. The van der Waals surface area contributed by atoms with Crippen LogP contribution >= 0.6 is 0 Å². The van der Waals surface area contributed by atoms with Crippen molar-refractivity contribution in [2.75, 3.05) is 19.7 Å². The summed E-state index contributed by atoms with van der Waals surface area (Å²) in [6.45, 7) is 2.39. The Kier molecular flexibility index (Phi) is 3.38. The summed E-state index contributed by atoms with van der Waals surface area (Å²) in [5, 5.41) is 16.8. The van der Waals surface area contributed by atoms with Crippen LogP contribution in [0.3, 0.4) is 0 Å². The maximum Gasteiger partial charge on any atom is 0.0659 e. The molecular weight excluding hydrogens is 190 g/mol. The molecule has 1 aromatic rings. The zero-order chi connectivity index (χ0) is 10.7. The van der Waals surface area contributed by atoms with Gasteiger partial charge < -0.3 is 10.4 Å². The average molecular weight is 209 g/mol. The molecule has 2 rings (SSSR count). The SMILES string of the molecule is Cn1nc(C2CCNCC2)cc1CCO. The molecule has 0 aromatic carbocycles. The van der Waals surface area contributed by atoms with Crippen LogP contribution in [-0.2, 0) is 13.5 Å². The van der Waals surface area contributed by atoms with Crippen LogP contribution in [0, 0.1) is 0 Å². The maximum atomic E-state index is 8.91. The number of aromatic nitrogens is 2. The lowest BCUT2D eigenvalue weighted by atomic mass is 9.94. The van der Waals surface area contributed by atoms with Crippen molar-refractivity contribution in [1.82, 2.24) is 15.1 Å². The van der Waals surface area contributed by atoms with E-state index in [1.807, 2.05) is 11.7 Å². The van der Waals surface area contributed by atoms with E-state index in [0.717, 1.165) is 18.8 Å². The topological polar surface area (TPSA) is 50.1 Å². The first-order valence-electron chi connectivity index (χ1n) is 5.65. The number of aliphatic hydroxyl groups is 1. The van der Waals surface area contributed by atoms with Crippen molar-refractivity contribution in [1.29, 1.82) is 0 Å². The fourth-order valence-electron chi connectivity index (χ4n) is 2.20. The molecule has 1 saturated heterocycles. The van der Waals surface area contributed by atoms with Crippen molar-refractivity contribution < 1.29 is 5.11 Å². The lowest BCUT2D eigenvalue weighted by Crippen LogP contribution is -2.26. The Hall–Kier alpha value is -0.870. The average Bonchev–Trinajstić information content (AvgIpc) is 2.63. The third-order valence-electron chi connectivity index (χ3n) is 3.12. The van der Waals surface area contributed by atoms with Gasteiger partial charge in [0.2, 0.25) is 0 Å². The standard InChI is InChI=1S/C11H19N3O/c1-14-10(4-7-15)8-11(13-14)9-2-5-12-6-3-9/h8-9,12,15H,2-7H2,1H3. The number of hydrogen-bond donors (Lipinski definition) is 2. The first kappa shape index (κ1) is 10.6. The second-order valence-corrected chi connectivity index (χ2v) is 4.18. The highest BCUT2D eigenvalue weighted by molar-refractivity contribution is 5.15. The zero-order valence-electron chi connectivity index (χ0n) is 9.24. The van der Waals surface area contributed by atoms with E-state index in [1.54, 1.807) is 0 Å². The highest BCUT2D eigenvalue weighted by atomic mass is 16.3. The minimum Gasteiger partial charge on any atom is -0.396 e. The van der Waals surface area contributed by atoms with Gasteiger partial charge in [-0.25, -0.2) is 0 Å². The molecule has 0 aliphatic carbocycles. The van der Waals surface area contributed by atoms with Gasteiger partial charge in [0.15, 0.2) is 0 Å². The maximum absolute atomic E-state index is 8.91. The van der Waals surface area contributed by atoms with E-state index in [1.165, 1.54) is 18.5 Å². The molecule has 0 amide bonds. The summed E-state index contributed by atoms with van der Waals surface area (Å²) in [6.07, 6.45) is 3.06. The summed E-state index contributed by atoms with van der Waals surface area (Å²) in [4.78, 5) is 0. The normalized spacial score (nSPS) is 18.3. The highest BCUT2D eigenvalue weighted by Crippen LogP contribution is 2.24. The monoisotopic (exact) mass is 209 g/mol. The van der Waals surface area contributed by atoms with Crippen LogP contribution in [0.15, 0.2) is 6.07 Å². The number of piperidine rings is 1. The van der Waals surface area contributed by atoms with E-state index in [0.29, 0.717) is 12.3 Å². The first-order valence-corrected chi connectivity index (χ1v) is 5.65. The van der Waals surface area contributed by atoms with Crippen LogP contribution in [0.25, 0.3) is 0 Å². The van der Waals surface area contributed by atoms with Crippen molar-refractivity contribution in [2.24, 2.45) is 7.05 Å². The second kappa shape index (κ2) is 4.77. The Morgan fingerprint density at radius 3 is 2.93 bits per heavy atom. The van der Waals surface area contributed by atoms with E-state index >= 15 is 0 Å². The lowest BCUT2D eigenvalue weighted by Gasteiger charge is -2.20. The minimum atomic E-state index is 0.200. The molecule has 2 heterocycles. The molecule has 1 aliphatic rings. The predicted octanol–water partition coefficient (Wildman–Crippen LogP) is 0.422. The fourth-order valence-corrected chi connectivity index (χ4v) is 2.20. The van der Waals surface area contributed by atoms with Crippen LogP contribution in [-0.4, -0.2) is 34.6 Å². The van der Waals surface area contributed by atoms with Gasteiger partial charge in [0.25, 0.3) is 0 Å². The van der Waals surface area contributed by atoms with Crippen molar-refractivity contribution in [3.63, 3.8) is 0 Å².